The molecule has 2 aromatic rings. The first-order valence-corrected chi connectivity index (χ1v) is 7.58. The van der Waals surface area contributed by atoms with Crippen molar-refractivity contribution in [1.29, 1.82) is 5.26 Å². The van der Waals surface area contributed by atoms with Crippen LogP contribution in [0, 0.1) is 11.3 Å². The van der Waals surface area contributed by atoms with Gasteiger partial charge in [0.05, 0.1) is 24.8 Å². The van der Waals surface area contributed by atoms with Crippen molar-refractivity contribution in [3.05, 3.63) is 58.1 Å². The van der Waals surface area contributed by atoms with Gasteiger partial charge >= 0.3 is 0 Å². The summed E-state index contributed by atoms with van der Waals surface area (Å²) in [4.78, 5) is 0. The first-order valence-electron chi connectivity index (χ1n) is 6.78. The zero-order chi connectivity index (χ0) is 15.2. The second-order valence-electron chi connectivity index (χ2n) is 4.65. The first-order chi connectivity index (χ1) is 10.2. The number of rotatable bonds is 5. The van der Waals surface area contributed by atoms with Gasteiger partial charge in [0.15, 0.2) is 0 Å². The minimum absolute atomic E-state index is 0.144. The van der Waals surface area contributed by atoms with E-state index in [2.05, 4.69) is 40.3 Å². The molecule has 0 bridgehead atoms. The van der Waals surface area contributed by atoms with Gasteiger partial charge in [-0.2, -0.15) is 5.26 Å². The van der Waals surface area contributed by atoms with E-state index in [1.165, 1.54) is 0 Å². The molecule has 1 unspecified atom stereocenters. The van der Waals surface area contributed by atoms with E-state index < -0.39 is 0 Å². The number of hydrogen-bond acceptors (Lipinski definition) is 3. The van der Waals surface area contributed by atoms with E-state index in [9.17, 15) is 0 Å². The van der Waals surface area contributed by atoms with Gasteiger partial charge in [0.25, 0.3) is 0 Å². The highest BCUT2D eigenvalue weighted by Gasteiger charge is 2.15. The average Bonchev–Trinajstić information content (AvgIpc) is 2.53. The van der Waals surface area contributed by atoms with Crippen molar-refractivity contribution in [3.63, 3.8) is 0 Å². The number of benzene rings is 2. The van der Waals surface area contributed by atoms with Crippen LogP contribution in [-0.2, 0) is 0 Å². The fraction of sp³-hybridized carbons (Fsp3) is 0.235. The Hall–Kier alpha value is -1.99. The van der Waals surface area contributed by atoms with Crippen LogP contribution in [0.1, 0.15) is 30.5 Å². The summed E-state index contributed by atoms with van der Waals surface area (Å²) in [5.41, 5.74) is 2.73. The maximum atomic E-state index is 8.92. The Morgan fingerprint density at radius 3 is 2.67 bits per heavy atom. The van der Waals surface area contributed by atoms with Crippen LogP contribution in [0.3, 0.4) is 0 Å². The maximum absolute atomic E-state index is 8.92. The lowest BCUT2D eigenvalue weighted by Gasteiger charge is -2.21. The van der Waals surface area contributed by atoms with Gasteiger partial charge in [0.2, 0.25) is 0 Å². The number of nitrogens with zero attached hydrogens (tertiary/aromatic N) is 1. The van der Waals surface area contributed by atoms with E-state index in [4.69, 9.17) is 10.00 Å². The third-order valence-corrected chi connectivity index (χ3v) is 4.01. The number of anilines is 1. The molecule has 0 saturated carbocycles. The topological polar surface area (TPSA) is 45.0 Å². The normalized spacial score (nSPS) is 11.5. The largest absolute Gasteiger partial charge is 0.496 e. The third-order valence-electron chi connectivity index (χ3n) is 3.35. The van der Waals surface area contributed by atoms with Gasteiger partial charge in [0, 0.05) is 15.7 Å². The van der Waals surface area contributed by atoms with Crippen molar-refractivity contribution in [1.82, 2.24) is 0 Å². The van der Waals surface area contributed by atoms with Crippen molar-refractivity contribution in [3.8, 4) is 11.8 Å². The SMILES string of the molecule is CCC(Nc1ccc(C#N)cc1Br)c1ccccc1OC. The molecule has 0 saturated heterocycles. The Labute approximate surface area is 133 Å². The van der Waals surface area contributed by atoms with Gasteiger partial charge in [-0.05, 0) is 46.6 Å². The first kappa shape index (κ1) is 15.4. The Kier molecular flexibility index (Phi) is 5.24. The van der Waals surface area contributed by atoms with Crippen LogP contribution in [0.5, 0.6) is 5.75 Å². The lowest BCUT2D eigenvalue weighted by molar-refractivity contribution is 0.406. The van der Waals surface area contributed by atoms with Crippen molar-refractivity contribution in [2.75, 3.05) is 12.4 Å². The number of hydrogen-bond donors (Lipinski definition) is 1. The standard InChI is InChI=1S/C17H17BrN2O/c1-3-15(13-6-4-5-7-17(13)21-2)20-16-9-8-12(11-19)10-14(16)18/h4-10,15,20H,3H2,1-2H3. The fourth-order valence-electron chi connectivity index (χ4n) is 2.24. The van der Waals surface area contributed by atoms with Crippen LogP contribution in [0.2, 0.25) is 0 Å². The number of para-hydroxylation sites is 1. The van der Waals surface area contributed by atoms with Gasteiger partial charge in [-0.1, -0.05) is 25.1 Å². The second-order valence-corrected chi connectivity index (χ2v) is 5.51. The van der Waals surface area contributed by atoms with E-state index in [-0.39, 0.29) is 6.04 Å². The Bertz CT molecular complexity index is 664. The van der Waals surface area contributed by atoms with Gasteiger partial charge in [-0.3, -0.25) is 0 Å². The second kappa shape index (κ2) is 7.14. The number of ether oxygens (including phenoxy) is 1. The highest BCUT2D eigenvalue weighted by molar-refractivity contribution is 9.10. The molecular formula is C17H17BrN2O. The zero-order valence-corrected chi connectivity index (χ0v) is 13.6. The van der Waals surface area contributed by atoms with Crippen LogP contribution >= 0.6 is 15.9 Å². The summed E-state index contributed by atoms with van der Waals surface area (Å²) in [6, 6.07) is 15.8. The van der Waals surface area contributed by atoms with E-state index in [1.807, 2.05) is 36.4 Å². The van der Waals surface area contributed by atoms with E-state index >= 15 is 0 Å². The lowest BCUT2D eigenvalue weighted by Crippen LogP contribution is -2.11. The highest BCUT2D eigenvalue weighted by Crippen LogP contribution is 2.32. The van der Waals surface area contributed by atoms with Gasteiger partial charge in [-0.15, -0.1) is 0 Å². The Balaban J connectivity index is 2.29. The molecule has 0 heterocycles. The molecule has 108 valence electrons. The van der Waals surface area contributed by atoms with Crippen molar-refractivity contribution >= 4 is 21.6 Å². The molecule has 1 N–H and O–H groups in total. The molecule has 3 nitrogen and oxygen atoms in total. The number of halogens is 1. The van der Waals surface area contributed by atoms with E-state index in [0.717, 1.165) is 27.9 Å². The molecule has 4 heteroatoms. The van der Waals surface area contributed by atoms with Gasteiger partial charge in [0.1, 0.15) is 5.75 Å². The van der Waals surface area contributed by atoms with E-state index in [0.29, 0.717) is 5.56 Å². The Morgan fingerprint density at radius 2 is 2.05 bits per heavy atom. The van der Waals surface area contributed by atoms with Gasteiger partial charge in [-0.25, -0.2) is 0 Å². The van der Waals surface area contributed by atoms with Crippen LogP contribution in [0.4, 0.5) is 5.69 Å². The fourth-order valence-corrected chi connectivity index (χ4v) is 2.74. The summed E-state index contributed by atoms with van der Waals surface area (Å²) < 4.78 is 6.32. The number of nitrogens with one attached hydrogen (secondary N) is 1. The molecule has 0 aliphatic carbocycles. The molecule has 0 aromatic heterocycles. The molecule has 0 aliphatic rings. The zero-order valence-electron chi connectivity index (χ0n) is 12.1. The quantitative estimate of drug-likeness (QED) is 0.839. The molecule has 0 spiro atoms. The summed E-state index contributed by atoms with van der Waals surface area (Å²) in [5, 5.41) is 12.4. The van der Waals surface area contributed by atoms with Crippen molar-refractivity contribution < 1.29 is 4.74 Å². The molecule has 0 fully saturated rings. The van der Waals surface area contributed by atoms with Crippen LogP contribution in [0.25, 0.3) is 0 Å². The summed E-state index contributed by atoms with van der Waals surface area (Å²) in [7, 11) is 1.68. The van der Waals surface area contributed by atoms with E-state index in [1.54, 1.807) is 7.11 Å². The lowest BCUT2D eigenvalue weighted by atomic mass is 10.0. The molecule has 0 radical (unpaired) electrons. The van der Waals surface area contributed by atoms with Crippen LogP contribution in [-0.4, -0.2) is 7.11 Å². The summed E-state index contributed by atoms with van der Waals surface area (Å²) in [6.45, 7) is 2.13. The third kappa shape index (κ3) is 3.56. The smallest absolute Gasteiger partial charge is 0.124 e. The average molecular weight is 345 g/mol. The predicted molar refractivity (Wildman–Crippen MR) is 88.5 cm³/mol. The van der Waals surface area contributed by atoms with Crippen LogP contribution in [0.15, 0.2) is 46.9 Å². The minimum Gasteiger partial charge on any atom is -0.496 e. The van der Waals surface area contributed by atoms with Crippen molar-refractivity contribution in [2.45, 2.75) is 19.4 Å². The maximum Gasteiger partial charge on any atom is 0.124 e. The molecule has 0 amide bonds. The summed E-state index contributed by atoms with van der Waals surface area (Å²) in [5.74, 6) is 0.876. The Morgan fingerprint density at radius 1 is 1.29 bits per heavy atom. The molecule has 2 aromatic carbocycles. The molecule has 0 aliphatic heterocycles. The predicted octanol–water partition coefficient (Wildman–Crippen LogP) is 4.89. The number of methoxy groups -OCH3 is 1. The highest BCUT2D eigenvalue weighted by atomic mass is 79.9. The van der Waals surface area contributed by atoms with Crippen LogP contribution < -0.4 is 10.1 Å². The molecule has 21 heavy (non-hydrogen) atoms. The molecule has 1 atom stereocenters. The molecule has 2 rings (SSSR count). The van der Waals surface area contributed by atoms with Crippen molar-refractivity contribution in [2.24, 2.45) is 0 Å². The number of nitriles is 1. The summed E-state index contributed by atoms with van der Waals surface area (Å²) in [6.07, 6.45) is 0.923. The summed E-state index contributed by atoms with van der Waals surface area (Å²) >= 11 is 3.51. The molecular weight excluding hydrogens is 328 g/mol. The van der Waals surface area contributed by atoms with Gasteiger partial charge < -0.3 is 10.1 Å². The minimum atomic E-state index is 0.144. The monoisotopic (exact) mass is 344 g/mol.